The van der Waals surface area contributed by atoms with Crippen LogP contribution in [-0.4, -0.2) is 80.0 Å². The molecule has 8 nitrogen and oxygen atoms in total. The highest BCUT2D eigenvalue weighted by Crippen LogP contribution is 2.40. The van der Waals surface area contributed by atoms with Crippen LogP contribution in [0.5, 0.6) is 5.88 Å². The number of alkyl halides is 1. The Morgan fingerprint density at radius 2 is 1.84 bits per heavy atom. The molecule has 11 heteroatoms. The number of amides is 2. The molecule has 3 fully saturated rings. The molecule has 2 atom stereocenters. The van der Waals surface area contributed by atoms with Crippen molar-refractivity contribution in [1.82, 2.24) is 20.1 Å². The third kappa shape index (κ3) is 5.72. The van der Waals surface area contributed by atoms with Crippen molar-refractivity contribution in [2.75, 3.05) is 46.5 Å². The summed E-state index contributed by atoms with van der Waals surface area (Å²) in [6.45, 7) is 3.21. The summed E-state index contributed by atoms with van der Waals surface area (Å²) in [6.07, 6.45) is 1.28. The molecule has 3 aromatic rings. The fourth-order valence-corrected chi connectivity index (χ4v) is 7.02. The first-order valence-corrected chi connectivity index (χ1v) is 15.3. The molecule has 3 aliphatic heterocycles. The van der Waals surface area contributed by atoms with Crippen LogP contribution in [-0.2, 0) is 21.5 Å². The maximum absolute atomic E-state index is 14.4. The van der Waals surface area contributed by atoms with Crippen LogP contribution in [0, 0.1) is 11.7 Å². The topological polar surface area (TPSA) is 84.8 Å². The zero-order chi connectivity index (χ0) is 30.1. The van der Waals surface area contributed by atoms with Crippen molar-refractivity contribution in [3.05, 3.63) is 64.4 Å². The van der Waals surface area contributed by atoms with E-state index in [0.717, 1.165) is 23.7 Å². The minimum atomic E-state index is -1.19. The molecule has 2 aromatic carbocycles. The van der Waals surface area contributed by atoms with Crippen LogP contribution >= 0.6 is 11.6 Å². The quantitative estimate of drug-likeness (QED) is 0.410. The summed E-state index contributed by atoms with van der Waals surface area (Å²) in [5, 5.41) is 7.10. The molecule has 0 bridgehead atoms. The van der Waals surface area contributed by atoms with E-state index >= 15 is 0 Å². The second-order valence-corrected chi connectivity index (χ2v) is 12.3. The molecule has 6 rings (SSSR count). The molecule has 1 aromatic heterocycles. The first-order valence-electron chi connectivity index (χ1n) is 15.0. The van der Waals surface area contributed by atoms with E-state index in [1.165, 1.54) is 12.1 Å². The number of rotatable bonds is 7. The van der Waals surface area contributed by atoms with Crippen molar-refractivity contribution in [1.29, 1.82) is 0 Å². The van der Waals surface area contributed by atoms with Gasteiger partial charge < -0.3 is 29.6 Å². The van der Waals surface area contributed by atoms with Gasteiger partial charge in [-0.05, 0) is 67.5 Å². The Morgan fingerprint density at radius 1 is 1.12 bits per heavy atom. The minimum absolute atomic E-state index is 0.185. The van der Waals surface area contributed by atoms with Gasteiger partial charge in [-0.1, -0.05) is 23.7 Å². The van der Waals surface area contributed by atoms with Crippen LogP contribution in [0.15, 0.2) is 42.5 Å². The number of hydrogen-bond acceptors (Lipinski definition) is 5. The molecule has 0 unspecified atom stereocenters. The summed E-state index contributed by atoms with van der Waals surface area (Å²) in [7, 11) is 1.57. The van der Waals surface area contributed by atoms with Crippen molar-refractivity contribution in [2.24, 2.45) is 5.92 Å². The standard InChI is InChI=1S/C32H37ClF2N4O4/c1-42-30-28(24-16-22(33)4-7-27(24)39(30)19-20-8-14-43-15-9-20)29(40)38-12-10-32(11-13-38,21-2-5-23(34)6-3-21)31(41)37-26-18-36-17-25(26)35/h2-7,16,20,25-26,36H,8-15,17-19H2,1H3,(H,37,41)/t25-,26+/m1/s1. The van der Waals surface area contributed by atoms with Gasteiger partial charge >= 0.3 is 0 Å². The summed E-state index contributed by atoms with van der Waals surface area (Å²) in [5.41, 5.74) is 0.941. The van der Waals surface area contributed by atoms with Crippen LogP contribution in [0.2, 0.25) is 5.02 Å². The molecule has 0 saturated carbocycles. The number of nitrogens with zero attached hydrogens (tertiary/aromatic N) is 2. The second-order valence-electron chi connectivity index (χ2n) is 11.8. The highest BCUT2D eigenvalue weighted by molar-refractivity contribution is 6.31. The number of carbonyl (C=O) groups is 2. The summed E-state index contributed by atoms with van der Waals surface area (Å²) >= 11 is 6.42. The molecule has 230 valence electrons. The third-order valence-corrected chi connectivity index (χ3v) is 9.59. The molecule has 0 spiro atoms. The number of carbonyl (C=O) groups excluding carboxylic acids is 2. The van der Waals surface area contributed by atoms with Gasteiger partial charge in [0, 0.05) is 56.3 Å². The fraction of sp³-hybridized carbons (Fsp3) is 0.500. The first-order chi connectivity index (χ1) is 20.8. The lowest BCUT2D eigenvalue weighted by Crippen LogP contribution is -2.56. The molecule has 2 amide bonds. The Balaban J connectivity index is 1.30. The number of hydrogen-bond donors (Lipinski definition) is 2. The second kappa shape index (κ2) is 12.4. The molecule has 0 aliphatic carbocycles. The largest absolute Gasteiger partial charge is 0.482 e. The van der Waals surface area contributed by atoms with Crippen LogP contribution in [0.4, 0.5) is 8.78 Å². The van der Waals surface area contributed by atoms with Crippen molar-refractivity contribution in [3.63, 3.8) is 0 Å². The Labute approximate surface area is 254 Å². The average Bonchev–Trinajstić information content (AvgIpc) is 3.56. The van der Waals surface area contributed by atoms with Gasteiger partial charge in [-0.15, -0.1) is 0 Å². The van der Waals surface area contributed by atoms with Gasteiger partial charge in [0.05, 0.1) is 24.1 Å². The van der Waals surface area contributed by atoms with Crippen molar-refractivity contribution < 1.29 is 27.8 Å². The van der Waals surface area contributed by atoms with E-state index in [9.17, 15) is 18.4 Å². The van der Waals surface area contributed by atoms with E-state index in [2.05, 4.69) is 15.2 Å². The molecule has 3 saturated heterocycles. The maximum Gasteiger partial charge on any atom is 0.259 e. The smallest absolute Gasteiger partial charge is 0.259 e. The molecule has 4 heterocycles. The predicted octanol–water partition coefficient (Wildman–Crippen LogP) is 4.47. The fourth-order valence-electron chi connectivity index (χ4n) is 6.85. The number of likely N-dealkylation sites (tertiary alicyclic amines) is 1. The van der Waals surface area contributed by atoms with Crippen LogP contribution in [0.1, 0.15) is 41.6 Å². The monoisotopic (exact) mass is 614 g/mol. The number of halogens is 3. The van der Waals surface area contributed by atoms with Crippen molar-refractivity contribution in [3.8, 4) is 5.88 Å². The van der Waals surface area contributed by atoms with E-state index < -0.39 is 23.4 Å². The Hall–Kier alpha value is -3.21. The number of fused-ring (bicyclic) bond motifs is 1. The number of benzene rings is 2. The zero-order valence-corrected chi connectivity index (χ0v) is 25.0. The Bertz CT molecular complexity index is 1480. The van der Waals surface area contributed by atoms with Gasteiger partial charge in [0.2, 0.25) is 11.8 Å². The van der Waals surface area contributed by atoms with E-state index in [-0.39, 0.29) is 31.4 Å². The summed E-state index contributed by atoms with van der Waals surface area (Å²) < 4.78 is 41.8. The lowest BCUT2D eigenvalue weighted by Gasteiger charge is -2.41. The van der Waals surface area contributed by atoms with Crippen molar-refractivity contribution in [2.45, 2.75) is 49.9 Å². The summed E-state index contributed by atoms with van der Waals surface area (Å²) in [4.78, 5) is 29.8. The Kier molecular flexibility index (Phi) is 8.62. The van der Waals surface area contributed by atoms with E-state index in [1.54, 1.807) is 30.2 Å². The SMILES string of the molecule is COc1c(C(=O)N2CCC(C(=O)N[C@H]3CNC[C@H]3F)(c3ccc(F)cc3)CC2)c2cc(Cl)ccc2n1CC1CCOCC1. The molecular formula is C32H37ClF2N4O4. The van der Waals surface area contributed by atoms with Gasteiger partial charge in [0.1, 0.15) is 17.6 Å². The van der Waals surface area contributed by atoms with Crippen LogP contribution in [0.3, 0.4) is 0 Å². The van der Waals surface area contributed by atoms with Gasteiger partial charge in [-0.3, -0.25) is 9.59 Å². The first kappa shape index (κ1) is 29.8. The molecular weight excluding hydrogens is 578 g/mol. The van der Waals surface area contributed by atoms with Gasteiger partial charge in [0.15, 0.2) is 0 Å². The van der Waals surface area contributed by atoms with Gasteiger partial charge in [0.25, 0.3) is 5.91 Å². The number of ether oxygens (including phenoxy) is 2. The van der Waals surface area contributed by atoms with Gasteiger partial charge in [-0.2, -0.15) is 0 Å². The highest BCUT2D eigenvalue weighted by atomic mass is 35.5. The molecule has 43 heavy (non-hydrogen) atoms. The minimum Gasteiger partial charge on any atom is -0.482 e. The van der Waals surface area contributed by atoms with E-state index in [1.807, 2.05) is 12.1 Å². The summed E-state index contributed by atoms with van der Waals surface area (Å²) in [5.74, 6) is -0.0318. The third-order valence-electron chi connectivity index (χ3n) is 9.36. The predicted molar refractivity (Wildman–Crippen MR) is 160 cm³/mol. The lowest BCUT2D eigenvalue weighted by molar-refractivity contribution is -0.129. The van der Waals surface area contributed by atoms with Crippen LogP contribution in [0.25, 0.3) is 10.9 Å². The van der Waals surface area contributed by atoms with Gasteiger partial charge in [-0.25, -0.2) is 8.78 Å². The highest BCUT2D eigenvalue weighted by Gasteiger charge is 2.46. The number of nitrogens with one attached hydrogen (secondary N) is 2. The molecule has 2 N–H and O–H groups in total. The average molecular weight is 615 g/mol. The molecule has 0 radical (unpaired) electrons. The summed E-state index contributed by atoms with van der Waals surface area (Å²) in [6, 6.07) is 10.8. The Morgan fingerprint density at radius 3 is 2.49 bits per heavy atom. The number of aromatic nitrogens is 1. The lowest BCUT2D eigenvalue weighted by atomic mass is 9.71. The maximum atomic E-state index is 14.4. The number of methoxy groups -OCH3 is 1. The van der Waals surface area contributed by atoms with Crippen molar-refractivity contribution >= 4 is 34.3 Å². The number of piperidine rings is 1. The van der Waals surface area contributed by atoms with E-state index in [4.69, 9.17) is 21.1 Å². The van der Waals surface area contributed by atoms with E-state index in [0.29, 0.717) is 67.1 Å². The molecule has 3 aliphatic rings. The van der Waals surface area contributed by atoms with Crippen LogP contribution < -0.4 is 15.4 Å². The normalized spacial score (nSPS) is 22.6. The zero-order valence-electron chi connectivity index (χ0n) is 24.2.